The first kappa shape index (κ1) is 29.4. The fourth-order valence-corrected chi connectivity index (χ4v) is 10.3. The van der Waals surface area contributed by atoms with Gasteiger partial charge in [-0.15, -0.1) is 11.6 Å². The highest BCUT2D eigenvalue weighted by atomic mass is 35.5. The Bertz CT molecular complexity index is 1630. The summed E-state index contributed by atoms with van der Waals surface area (Å²) in [5, 5.41) is 5.71. The second-order valence-corrected chi connectivity index (χ2v) is 15.0. The molecule has 5 aromatic rings. The number of ether oxygens (including phenoxy) is 2. The second-order valence-electron chi connectivity index (χ2n) is 10.6. The van der Waals surface area contributed by atoms with Gasteiger partial charge in [0.05, 0.1) is 24.9 Å². The van der Waals surface area contributed by atoms with Crippen LogP contribution in [0.25, 0.3) is 10.9 Å². The van der Waals surface area contributed by atoms with Gasteiger partial charge >= 0.3 is 8.32 Å². The van der Waals surface area contributed by atoms with Crippen molar-refractivity contribution in [2.45, 2.75) is 25.8 Å². The van der Waals surface area contributed by atoms with Crippen molar-refractivity contribution in [3.8, 4) is 17.2 Å². The Labute approximate surface area is 252 Å². The van der Waals surface area contributed by atoms with Gasteiger partial charge in [0.1, 0.15) is 11.6 Å². The number of halogens is 2. The van der Waals surface area contributed by atoms with Crippen LogP contribution in [0.15, 0.2) is 103 Å². The Kier molecular flexibility index (Phi) is 8.71. The third-order valence-electron chi connectivity index (χ3n) is 7.46. The molecule has 0 unspecified atom stereocenters. The predicted octanol–water partition coefficient (Wildman–Crippen LogP) is 7.68. The topological polar surface area (TPSA) is 52.6 Å². The van der Waals surface area contributed by atoms with Gasteiger partial charge in [-0.2, -0.15) is 0 Å². The predicted molar refractivity (Wildman–Crippen MR) is 172 cm³/mol. The zero-order valence-corrected chi connectivity index (χ0v) is 25.9. The lowest BCUT2D eigenvalue weighted by atomic mass is 10.1. The van der Waals surface area contributed by atoms with E-state index in [1.165, 1.54) is 6.07 Å². The van der Waals surface area contributed by atoms with Crippen LogP contribution < -0.4 is 29.6 Å². The molecule has 0 radical (unpaired) electrons. The minimum absolute atomic E-state index is 0.311. The number of benzene rings is 4. The van der Waals surface area contributed by atoms with E-state index in [0.29, 0.717) is 46.6 Å². The maximum atomic E-state index is 15.8. The van der Waals surface area contributed by atoms with Crippen molar-refractivity contribution < 1.29 is 18.3 Å². The lowest BCUT2D eigenvalue weighted by Gasteiger charge is -2.44. The normalized spacial score (nSPS) is 11.8. The van der Waals surface area contributed by atoms with E-state index in [4.69, 9.17) is 25.5 Å². The third-order valence-corrected chi connectivity index (χ3v) is 13.3. The zero-order chi connectivity index (χ0) is 29.7. The molecular formula is C34H34ClFN2O3Si. The number of hydrogen-bond acceptors (Lipinski definition) is 5. The molecule has 0 saturated carbocycles. The first-order chi connectivity index (χ1) is 20.3. The van der Waals surface area contributed by atoms with Gasteiger partial charge in [0.2, 0.25) is 0 Å². The van der Waals surface area contributed by atoms with Gasteiger partial charge in [0.15, 0.2) is 11.5 Å². The van der Waals surface area contributed by atoms with E-state index in [9.17, 15) is 0 Å². The quantitative estimate of drug-likeness (QED) is 0.124. The minimum atomic E-state index is -3.04. The maximum absolute atomic E-state index is 15.8. The van der Waals surface area contributed by atoms with Crippen molar-refractivity contribution in [3.05, 3.63) is 109 Å². The van der Waals surface area contributed by atoms with E-state index in [1.54, 1.807) is 31.5 Å². The van der Waals surface area contributed by atoms with Crippen molar-refractivity contribution >= 4 is 52.6 Å². The van der Waals surface area contributed by atoms with Crippen LogP contribution in [0.4, 0.5) is 15.8 Å². The number of hydrogen-bond donors (Lipinski definition) is 1. The number of anilines is 2. The summed E-state index contributed by atoms with van der Waals surface area (Å²) in [5.41, 5.74) is 1.70. The summed E-state index contributed by atoms with van der Waals surface area (Å²) in [6.45, 7) is 6.66. The van der Waals surface area contributed by atoms with Crippen LogP contribution in [-0.2, 0) is 0 Å². The molecule has 0 atom stereocenters. The van der Waals surface area contributed by atoms with Crippen molar-refractivity contribution in [1.82, 2.24) is 4.98 Å². The molecule has 8 heteroatoms. The van der Waals surface area contributed by atoms with Crippen LogP contribution in [0.3, 0.4) is 0 Å². The molecule has 1 aromatic heterocycles. The van der Waals surface area contributed by atoms with Gasteiger partial charge in [-0.3, -0.25) is 4.98 Å². The molecule has 1 heterocycles. The molecule has 0 bridgehead atoms. The number of nitrogens with zero attached hydrogens (tertiary/aromatic N) is 1. The van der Waals surface area contributed by atoms with Crippen LogP contribution in [0.5, 0.6) is 17.2 Å². The lowest BCUT2D eigenvalue weighted by molar-refractivity contribution is 0.311. The standard InChI is InChI=1S/C34H34ClFN2O3Si/c1-5-40-33-22-31-27(21-32(33)39-4)29(18-19-37-31)38-30-17-16-24(20-28(30)36)41-42(34(2,3)23-35,25-12-8-6-9-13-25)26-14-10-7-11-15-26/h6-22H,5,23H2,1-4H3,(H,37,38). The van der Waals surface area contributed by atoms with Gasteiger partial charge in [0.25, 0.3) is 0 Å². The molecule has 0 saturated heterocycles. The lowest BCUT2D eigenvalue weighted by Crippen LogP contribution is -2.70. The Morgan fingerprint density at radius 3 is 2.10 bits per heavy atom. The summed E-state index contributed by atoms with van der Waals surface area (Å²) in [6, 6.07) is 30.7. The fraction of sp³-hybridized carbons (Fsp3) is 0.206. The average molecular weight is 601 g/mol. The summed E-state index contributed by atoms with van der Waals surface area (Å²) in [6.07, 6.45) is 1.68. The van der Waals surface area contributed by atoms with Gasteiger partial charge in [-0.05, 0) is 41.6 Å². The van der Waals surface area contributed by atoms with E-state index in [1.807, 2.05) is 55.5 Å². The number of fused-ring (bicyclic) bond motifs is 1. The van der Waals surface area contributed by atoms with Crippen LogP contribution in [-0.4, -0.2) is 32.9 Å². The molecular weight excluding hydrogens is 567 g/mol. The van der Waals surface area contributed by atoms with Gasteiger partial charge in [-0.1, -0.05) is 74.5 Å². The van der Waals surface area contributed by atoms with E-state index in [0.717, 1.165) is 15.8 Å². The fourth-order valence-electron chi connectivity index (χ4n) is 5.32. The number of aromatic nitrogens is 1. The summed E-state index contributed by atoms with van der Waals surface area (Å²) < 4.78 is 34.0. The molecule has 1 N–H and O–H groups in total. The van der Waals surface area contributed by atoms with Crippen molar-refractivity contribution in [2.75, 3.05) is 24.9 Å². The average Bonchev–Trinajstić information content (AvgIpc) is 3.01. The summed E-state index contributed by atoms with van der Waals surface area (Å²) in [4.78, 5) is 4.47. The highest BCUT2D eigenvalue weighted by molar-refractivity contribution is 7.00. The summed E-state index contributed by atoms with van der Waals surface area (Å²) in [7, 11) is -1.45. The number of nitrogens with one attached hydrogen (secondary N) is 1. The molecule has 0 spiro atoms. The molecule has 0 amide bonds. The van der Waals surface area contributed by atoms with E-state index in [2.05, 4.69) is 48.4 Å². The molecule has 0 aliphatic rings. The molecule has 0 fully saturated rings. The highest BCUT2D eigenvalue weighted by Gasteiger charge is 2.54. The van der Waals surface area contributed by atoms with Crippen molar-refractivity contribution in [1.29, 1.82) is 0 Å². The number of rotatable bonds is 11. The van der Waals surface area contributed by atoms with Crippen LogP contribution in [0.2, 0.25) is 5.04 Å². The molecule has 5 rings (SSSR count). The largest absolute Gasteiger partial charge is 0.534 e. The molecule has 0 aliphatic heterocycles. The highest BCUT2D eigenvalue weighted by Crippen LogP contribution is 2.40. The van der Waals surface area contributed by atoms with E-state index in [-0.39, 0.29) is 0 Å². The van der Waals surface area contributed by atoms with E-state index >= 15 is 4.39 Å². The first-order valence-corrected chi connectivity index (χ1v) is 16.3. The summed E-state index contributed by atoms with van der Waals surface area (Å²) in [5.74, 6) is 1.56. The smallest absolute Gasteiger partial charge is 0.321 e. The first-order valence-electron chi connectivity index (χ1n) is 13.8. The molecule has 5 nitrogen and oxygen atoms in total. The van der Waals surface area contributed by atoms with Crippen molar-refractivity contribution in [3.63, 3.8) is 0 Å². The summed E-state index contributed by atoms with van der Waals surface area (Å²) >= 11 is 6.64. The Morgan fingerprint density at radius 2 is 1.52 bits per heavy atom. The number of methoxy groups -OCH3 is 1. The molecule has 216 valence electrons. The zero-order valence-electron chi connectivity index (χ0n) is 24.2. The number of pyridine rings is 1. The monoisotopic (exact) mass is 600 g/mol. The Hall–Kier alpha value is -4.07. The van der Waals surface area contributed by atoms with Crippen LogP contribution in [0.1, 0.15) is 20.8 Å². The number of alkyl halides is 1. The maximum Gasteiger partial charge on any atom is 0.321 e. The second kappa shape index (κ2) is 12.4. The van der Waals surface area contributed by atoms with Crippen LogP contribution in [0, 0.1) is 5.82 Å². The molecule has 4 aromatic carbocycles. The minimum Gasteiger partial charge on any atom is -0.534 e. The van der Waals surface area contributed by atoms with Gasteiger partial charge < -0.3 is 19.2 Å². The van der Waals surface area contributed by atoms with Crippen molar-refractivity contribution in [2.24, 2.45) is 0 Å². The third kappa shape index (κ3) is 5.54. The Balaban J connectivity index is 1.54. The van der Waals surface area contributed by atoms with E-state index < -0.39 is 19.2 Å². The van der Waals surface area contributed by atoms with Gasteiger partial charge in [0, 0.05) is 40.3 Å². The van der Waals surface area contributed by atoms with Gasteiger partial charge in [-0.25, -0.2) is 4.39 Å². The van der Waals surface area contributed by atoms with Crippen LogP contribution >= 0.6 is 11.6 Å². The SMILES string of the molecule is CCOc1cc2nccc(Nc3ccc(O[Si](c4ccccc4)(c4ccccc4)C(C)(C)CCl)cc3F)c2cc1OC. The Morgan fingerprint density at radius 1 is 0.857 bits per heavy atom. The molecule has 0 aliphatic carbocycles. The molecule has 42 heavy (non-hydrogen) atoms.